The van der Waals surface area contributed by atoms with Crippen molar-refractivity contribution in [1.82, 2.24) is 14.5 Å². The van der Waals surface area contributed by atoms with Crippen LogP contribution in [0.25, 0.3) is 0 Å². The summed E-state index contributed by atoms with van der Waals surface area (Å²) in [5.74, 6) is 1.83. The summed E-state index contributed by atoms with van der Waals surface area (Å²) < 4.78 is 3.21. The largest absolute Gasteiger partial charge is 0.326 e. The highest BCUT2D eigenvalue weighted by Gasteiger charge is 2.25. The number of nitrogens with zero attached hydrogens (tertiary/aromatic N) is 3. The molecule has 0 spiro atoms. The predicted molar refractivity (Wildman–Crippen MR) is 60.4 cm³/mol. The second-order valence-electron chi connectivity index (χ2n) is 3.88. The SMILES string of the molecule is CCN1CCC(c2ncc(Br)n2C)C1. The van der Waals surface area contributed by atoms with Crippen molar-refractivity contribution in [2.24, 2.45) is 7.05 Å². The van der Waals surface area contributed by atoms with Crippen LogP contribution in [0, 0.1) is 0 Å². The highest BCUT2D eigenvalue weighted by molar-refractivity contribution is 9.10. The average molecular weight is 258 g/mol. The van der Waals surface area contributed by atoms with E-state index in [4.69, 9.17) is 0 Å². The van der Waals surface area contributed by atoms with Gasteiger partial charge in [0.25, 0.3) is 0 Å². The number of hydrogen-bond donors (Lipinski definition) is 0. The van der Waals surface area contributed by atoms with Gasteiger partial charge >= 0.3 is 0 Å². The van der Waals surface area contributed by atoms with Gasteiger partial charge in [0.2, 0.25) is 0 Å². The van der Waals surface area contributed by atoms with Crippen molar-refractivity contribution in [1.29, 1.82) is 0 Å². The molecule has 0 aromatic carbocycles. The van der Waals surface area contributed by atoms with Crippen molar-refractivity contribution in [3.05, 3.63) is 16.6 Å². The Hall–Kier alpha value is -0.350. The molecule has 4 heteroatoms. The van der Waals surface area contributed by atoms with Gasteiger partial charge in [-0.1, -0.05) is 6.92 Å². The van der Waals surface area contributed by atoms with Gasteiger partial charge in [0, 0.05) is 19.5 Å². The summed E-state index contributed by atoms with van der Waals surface area (Å²) in [6.45, 7) is 5.75. The zero-order chi connectivity index (χ0) is 10.1. The van der Waals surface area contributed by atoms with Crippen molar-refractivity contribution in [3.63, 3.8) is 0 Å². The molecule has 3 nitrogen and oxygen atoms in total. The fourth-order valence-electron chi connectivity index (χ4n) is 2.11. The molecule has 1 aromatic rings. The van der Waals surface area contributed by atoms with Crippen LogP contribution in [0.1, 0.15) is 25.1 Å². The fourth-order valence-corrected chi connectivity index (χ4v) is 2.40. The van der Waals surface area contributed by atoms with Gasteiger partial charge in [0.1, 0.15) is 10.4 Å². The zero-order valence-electron chi connectivity index (χ0n) is 8.70. The Labute approximate surface area is 93.2 Å². The maximum Gasteiger partial charge on any atom is 0.113 e. The minimum Gasteiger partial charge on any atom is -0.326 e. The number of imidazole rings is 1. The second kappa shape index (κ2) is 4.03. The topological polar surface area (TPSA) is 21.1 Å². The first-order valence-electron chi connectivity index (χ1n) is 5.11. The van der Waals surface area contributed by atoms with Crippen molar-refractivity contribution in [2.75, 3.05) is 19.6 Å². The van der Waals surface area contributed by atoms with Gasteiger partial charge in [-0.25, -0.2) is 4.98 Å². The fraction of sp³-hybridized carbons (Fsp3) is 0.700. The van der Waals surface area contributed by atoms with E-state index in [1.807, 2.05) is 6.20 Å². The quantitative estimate of drug-likeness (QED) is 0.809. The number of halogens is 1. The molecule has 14 heavy (non-hydrogen) atoms. The molecule has 1 fully saturated rings. The van der Waals surface area contributed by atoms with Crippen molar-refractivity contribution in [3.8, 4) is 0 Å². The van der Waals surface area contributed by atoms with Crippen molar-refractivity contribution in [2.45, 2.75) is 19.3 Å². The van der Waals surface area contributed by atoms with E-state index in [9.17, 15) is 0 Å². The number of hydrogen-bond acceptors (Lipinski definition) is 2. The Kier molecular flexibility index (Phi) is 2.93. The van der Waals surface area contributed by atoms with Gasteiger partial charge in [-0.2, -0.15) is 0 Å². The second-order valence-corrected chi connectivity index (χ2v) is 4.69. The summed E-state index contributed by atoms with van der Waals surface area (Å²) in [7, 11) is 2.07. The summed E-state index contributed by atoms with van der Waals surface area (Å²) >= 11 is 3.48. The van der Waals surface area contributed by atoms with Crippen LogP contribution >= 0.6 is 15.9 Å². The molecule has 1 saturated heterocycles. The van der Waals surface area contributed by atoms with Crippen molar-refractivity contribution >= 4 is 15.9 Å². The molecule has 2 rings (SSSR count). The lowest BCUT2D eigenvalue weighted by Gasteiger charge is -2.13. The molecule has 1 atom stereocenters. The summed E-state index contributed by atoms with van der Waals surface area (Å²) in [4.78, 5) is 6.93. The number of likely N-dealkylation sites (N-methyl/N-ethyl adjacent to an activating group) is 1. The Morgan fingerprint density at radius 3 is 2.93 bits per heavy atom. The third-order valence-corrected chi connectivity index (χ3v) is 3.79. The predicted octanol–water partition coefficient (Wildman–Crippen LogP) is 1.99. The summed E-state index contributed by atoms with van der Waals surface area (Å²) in [6, 6.07) is 0. The summed E-state index contributed by atoms with van der Waals surface area (Å²) in [6.07, 6.45) is 3.13. The van der Waals surface area contributed by atoms with Crippen LogP contribution in [0.3, 0.4) is 0 Å². The first-order valence-corrected chi connectivity index (χ1v) is 5.91. The van der Waals surface area contributed by atoms with Gasteiger partial charge < -0.3 is 9.47 Å². The number of aromatic nitrogens is 2. The lowest BCUT2D eigenvalue weighted by Crippen LogP contribution is -2.20. The average Bonchev–Trinajstić information content (AvgIpc) is 2.75. The van der Waals surface area contributed by atoms with E-state index in [2.05, 4.69) is 44.4 Å². The van der Waals surface area contributed by atoms with Crippen LogP contribution in [0.15, 0.2) is 10.8 Å². The van der Waals surface area contributed by atoms with E-state index in [1.165, 1.54) is 18.8 Å². The molecule has 1 unspecified atom stereocenters. The molecule has 1 aliphatic rings. The molecule has 0 aliphatic carbocycles. The van der Waals surface area contributed by atoms with Crippen LogP contribution in [0.4, 0.5) is 0 Å². The minimum absolute atomic E-state index is 0.617. The molecule has 0 amide bonds. The molecule has 78 valence electrons. The van der Waals surface area contributed by atoms with E-state index in [-0.39, 0.29) is 0 Å². The monoisotopic (exact) mass is 257 g/mol. The maximum atomic E-state index is 4.46. The first-order chi connectivity index (χ1) is 6.72. The van der Waals surface area contributed by atoms with E-state index in [0.29, 0.717) is 5.92 Å². The molecular weight excluding hydrogens is 242 g/mol. The summed E-state index contributed by atoms with van der Waals surface area (Å²) in [5.41, 5.74) is 0. The highest BCUT2D eigenvalue weighted by atomic mass is 79.9. The zero-order valence-corrected chi connectivity index (χ0v) is 10.3. The Balaban J connectivity index is 2.13. The van der Waals surface area contributed by atoms with Gasteiger partial charge in [0.05, 0.1) is 6.20 Å². The van der Waals surface area contributed by atoms with Gasteiger partial charge in [-0.05, 0) is 35.4 Å². The van der Waals surface area contributed by atoms with E-state index in [1.54, 1.807) is 0 Å². The molecule has 0 N–H and O–H groups in total. The molecule has 1 aromatic heterocycles. The van der Waals surface area contributed by atoms with Crippen LogP contribution in [-0.2, 0) is 7.05 Å². The lowest BCUT2D eigenvalue weighted by molar-refractivity contribution is 0.352. The number of rotatable bonds is 2. The van der Waals surface area contributed by atoms with Gasteiger partial charge in [0.15, 0.2) is 0 Å². The standard InChI is InChI=1S/C10H16BrN3/c1-3-14-5-4-8(7-14)10-12-6-9(11)13(10)2/h6,8H,3-5,7H2,1-2H3. The molecule has 0 bridgehead atoms. The normalized spacial score (nSPS) is 23.2. The molecule has 0 radical (unpaired) electrons. The Morgan fingerprint density at radius 1 is 1.64 bits per heavy atom. The van der Waals surface area contributed by atoms with Crippen LogP contribution < -0.4 is 0 Å². The highest BCUT2D eigenvalue weighted by Crippen LogP contribution is 2.27. The first kappa shape index (κ1) is 10.2. The van der Waals surface area contributed by atoms with Crippen LogP contribution in [0.2, 0.25) is 0 Å². The summed E-state index contributed by atoms with van der Waals surface area (Å²) in [5, 5.41) is 0. The number of likely N-dealkylation sites (tertiary alicyclic amines) is 1. The van der Waals surface area contributed by atoms with Crippen LogP contribution in [0.5, 0.6) is 0 Å². The van der Waals surface area contributed by atoms with E-state index < -0.39 is 0 Å². The van der Waals surface area contributed by atoms with E-state index >= 15 is 0 Å². The smallest absolute Gasteiger partial charge is 0.113 e. The third kappa shape index (κ3) is 1.73. The van der Waals surface area contributed by atoms with Crippen molar-refractivity contribution < 1.29 is 0 Å². The van der Waals surface area contributed by atoms with Gasteiger partial charge in [-0.15, -0.1) is 0 Å². The third-order valence-electron chi connectivity index (χ3n) is 3.05. The Bertz CT molecular complexity index is 321. The molecule has 0 saturated carbocycles. The maximum absolute atomic E-state index is 4.46. The van der Waals surface area contributed by atoms with Crippen LogP contribution in [-0.4, -0.2) is 34.1 Å². The van der Waals surface area contributed by atoms with Gasteiger partial charge in [-0.3, -0.25) is 0 Å². The minimum atomic E-state index is 0.617. The Morgan fingerprint density at radius 2 is 2.43 bits per heavy atom. The van der Waals surface area contributed by atoms with E-state index in [0.717, 1.165) is 17.7 Å². The molecular formula is C10H16BrN3. The lowest BCUT2D eigenvalue weighted by atomic mass is 10.1. The molecule has 1 aliphatic heterocycles. The molecule has 2 heterocycles.